The Hall–Kier alpha value is -4.91. The molecule has 0 atom stereocenters. The third kappa shape index (κ3) is 3.41. The highest BCUT2D eigenvalue weighted by molar-refractivity contribution is 7.37. The van der Waals surface area contributed by atoms with Crippen LogP contribution < -0.4 is 0 Å². The highest BCUT2D eigenvalue weighted by atomic mass is 32.1. The van der Waals surface area contributed by atoms with Crippen LogP contribution in [0.2, 0.25) is 0 Å². The second-order valence-electron chi connectivity index (χ2n) is 10.1. The van der Waals surface area contributed by atoms with Gasteiger partial charge in [0.1, 0.15) is 0 Å². The number of nitrogens with zero attached hydrogens (tertiary/aromatic N) is 4. The van der Waals surface area contributed by atoms with Crippen LogP contribution in [0.15, 0.2) is 121 Å². The van der Waals surface area contributed by atoms with Gasteiger partial charge in [0.25, 0.3) is 0 Å². The number of para-hydroxylation sites is 1. The lowest BCUT2D eigenvalue weighted by Gasteiger charge is -2.10. The molecule has 41 heavy (non-hydrogen) atoms. The van der Waals surface area contributed by atoms with Crippen molar-refractivity contribution in [2.75, 3.05) is 0 Å². The Bertz CT molecular complexity index is 2360. The lowest BCUT2D eigenvalue weighted by molar-refractivity contribution is 0.956. The van der Waals surface area contributed by atoms with Crippen LogP contribution in [0, 0.1) is 0 Å². The number of hydrogen-bond donors (Lipinski definition) is 0. The second kappa shape index (κ2) is 8.80. The highest BCUT2D eigenvalue weighted by Gasteiger charge is 2.23. The van der Waals surface area contributed by atoms with Crippen molar-refractivity contribution in [1.82, 2.24) is 19.5 Å². The van der Waals surface area contributed by atoms with E-state index in [0.717, 1.165) is 16.6 Å². The predicted molar refractivity (Wildman–Crippen MR) is 173 cm³/mol. The zero-order valence-electron chi connectivity index (χ0n) is 21.7. The quantitative estimate of drug-likeness (QED) is 0.216. The summed E-state index contributed by atoms with van der Waals surface area (Å²) in [6.45, 7) is 0. The van der Waals surface area contributed by atoms with Gasteiger partial charge < -0.3 is 0 Å². The largest absolute Gasteiger partial charge is 0.275 e. The molecule has 9 aromatic rings. The normalized spacial score (nSPS) is 11.9. The summed E-state index contributed by atoms with van der Waals surface area (Å²) in [5, 5.41) is 5.12. The first-order chi connectivity index (χ1) is 20.3. The lowest BCUT2D eigenvalue weighted by Crippen LogP contribution is -2.06. The zero-order chi connectivity index (χ0) is 26.9. The van der Waals surface area contributed by atoms with Crippen LogP contribution in [-0.4, -0.2) is 19.5 Å². The Morgan fingerprint density at radius 2 is 1.12 bits per heavy atom. The van der Waals surface area contributed by atoms with Gasteiger partial charge >= 0.3 is 0 Å². The molecule has 0 aliphatic carbocycles. The number of hydrogen-bond acceptors (Lipinski definition) is 5. The molecule has 0 fully saturated rings. The molecular formula is C35H20N4S2. The van der Waals surface area contributed by atoms with Crippen molar-refractivity contribution >= 4 is 74.1 Å². The van der Waals surface area contributed by atoms with E-state index in [1.807, 2.05) is 59.1 Å². The van der Waals surface area contributed by atoms with Crippen LogP contribution in [-0.2, 0) is 0 Å². The second-order valence-corrected chi connectivity index (χ2v) is 12.1. The van der Waals surface area contributed by atoms with Gasteiger partial charge in [-0.3, -0.25) is 4.57 Å². The molecule has 0 aliphatic rings. The third-order valence-electron chi connectivity index (χ3n) is 7.67. The van der Waals surface area contributed by atoms with Gasteiger partial charge in [0, 0.05) is 26.6 Å². The van der Waals surface area contributed by atoms with Gasteiger partial charge in [-0.25, -0.2) is 4.98 Å². The predicted octanol–water partition coefficient (Wildman–Crippen LogP) is 9.89. The van der Waals surface area contributed by atoms with E-state index in [1.165, 1.54) is 45.9 Å². The van der Waals surface area contributed by atoms with Gasteiger partial charge in [-0.15, -0.1) is 22.7 Å². The molecule has 0 unspecified atom stereocenters. The Balaban J connectivity index is 1.42. The van der Waals surface area contributed by atoms with Gasteiger partial charge in [-0.1, -0.05) is 109 Å². The number of aromatic nitrogens is 4. The molecule has 192 valence electrons. The summed E-state index contributed by atoms with van der Waals surface area (Å²) < 4.78 is 7.41. The standard InChI is InChI=1S/C35H20N4S2/c1-3-12-22(13-4-1)33-36-34(23-14-5-2-6-15-23)38-35(37-33)39-26-18-10-9-17-25(26)30-29(39)32-31(41-30)28-24-16-8-7-11-21(24)19-20-27(28)40-32/h1-20H. The summed E-state index contributed by atoms with van der Waals surface area (Å²) in [6, 6.07) is 42.1. The van der Waals surface area contributed by atoms with Gasteiger partial charge in [-0.2, -0.15) is 9.97 Å². The van der Waals surface area contributed by atoms with Crippen molar-refractivity contribution in [2.24, 2.45) is 0 Å². The molecule has 0 saturated carbocycles. The smallest absolute Gasteiger partial charge is 0.238 e. The molecule has 9 rings (SSSR count). The summed E-state index contributed by atoms with van der Waals surface area (Å²) in [7, 11) is 0. The average molecular weight is 561 g/mol. The first-order valence-electron chi connectivity index (χ1n) is 13.5. The van der Waals surface area contributed by atoms with Crippen molar-refractivity contribution in [3.8, 4) is 28.7 Å². The van der Waals surface area contributed by atoms with Crippen LogP contribution >= 0.6 is 22.7 Å². The first-order valence-corrected chi connectivity index (χ1v) is 15.1. The van der Waals surface area contributed by atoms with Crippen LogP contribution in [0.3, 0.4) is 0 Å². The molecule has 4 nitrogen and oxygen atoms in total. The Morgan fingerprint density at radius 1 is 0.488 bits per heavy atom. The van der Waals surface area contributed by atoms with E-state index in [1.54, 1.807) is 0 Å². The van der Waals surface area contributed by atoms with Crippen molar-refractivity contribution in [3.05, 3.63) is 121 Å². The average Bonchev–Trinajstić information content (AvgIpc) is 3.69. The van der Waals surface area contributed by atoms with E-state index >= 15 is 0 Å². The Kier molecular flexibility index (Phi) is 4.90. The monoisotopic (exact) mass is 560 g/mol. The van der Waals surface area contributed by atoms with Crippen LogP contribution in [0.25, 0.3) is 80.1 Å². The molecule has 6 heteroatoms. The highest BCUT2D eigenvalue weighted by Crippen LogP contribution is 2.49. The van der Waals surface area contributed by atoms with Crippen LogP contribution in [0.4, 0.5) is 0 Å². The molecule has 0 aliphatic heterocycles. The molecule has 0 bridgehead atoms. The van der Waals surface area contributed by atoms with Crippen LogP contribution in [0.5, 0.6) is 0 Å². The van der Waals surface area contributed by atoms with E-state index in [4.69, 9.17) is 15.0 Å². The fourth-order valence-electron chi connectivity index (χ4n) is 5.82. The van der Waals surface area contributed by atoms with Crippen LogP contribution in [0.1, 0.15) is 0 Å². The van der Waals surface area contributed by atoms with E-state index in [9.17, 15) is 0 Å². The molecule has 4 aromatic heterocycles. The number of benzene rings is 5. The number of thiophene rings is 2. The van der Waals surface area contributed by atoms with E-state index in [-0.39, 0.29) is 0 Å². The maximum atomic E-state index is 5.11. The van der Waals surface area contributed by atoms with Crippen molar-refractivity contribution in [2.45, 2.75) is 0 Å². The van der Waals surface area contributed by atoms with Crippen molar-refractivity contribution < 1.29 is 0 Å². The van der Waals surface area contributed by atoms with Crippen molar-refractivity contribution in [1.29, 1.82) is 0 Å². The summed E-state index contributed by atoms with van der Waals surface area (Å²) in [6.07, 6.45) is 0. The molecular weight excluding hydrogens is 541 g/mol. The molecule has 0 spiro atoms. The summed E-state index contributed by atoms with van der Waals surface area (Å²) in [5.41, 5.74) is 4.19. The molecule has 0 N–H and O–H groups in total. The molecule has 5 aromatic carbocycles. The van der Waals surface area contributed by atoms with Gasteiger partial charge in [0.2, 0.25) is 5.95 Å². The molecule has 0 radical (unpaired) electrons. The molecule has 0 amide bonds. The van der Waals surface area contributed by atoms with Gasteiger partial charge in [-0.05, 0) is 22.9 Å². The summed E-state index contributed by atoms with van der Waals surface area (Å²) >= 11 is 3.73. The van der Waals surface area contributed by atoms with Crippen molar-refractivity contribution in [3.63, 3.8) is 0 Å². The zero-order valence-corrected chi connectivity index (χ0v) is 23.3. The fraction of sp³-hybridized carbons (Fsp3) is 0. The minimum absolute atomic E-state index is 0.630. The van der Waals surface area contributed by atoms with E-state index in [0.29, 0.717) is 17.6 Å². The van der Waals surface area contributed by atoms with E-state index in [2.05, 4.69) is 89.5 Å². The number of fused-ring (bicyclic) bond motifs is 9. The van der Waals surface area contributed by atoms with Gasteiger partial charge in [0.05, 0.1) is 25.1 Å². The Morgan fingerprint density at radius 3 is 1.85 bits per heavy atom. The fourth-order valence-corrected chi connectivity index (χ4v) is 8.64. The maximum absolute atomic E-state index is 5.11. The number of rotatable bonds is 3. The summed E-state index contributed by atoms with van der Waals surface area (Å²) in [4.78, 5) is 15.2. The SMILES string of the molecule is c1ccc(-c2nc(-c3ccccc3)nc(-n3c4ccccc4c4sc5c(sc6ccc7ccccc7c65)c43)n2)cc1. The van der Waals surface area contributed by atoms with E-state index < -0.39 is 0 Å². The minimum Gasteiger partial charge on any atom is -0.275 e. The third-order valence-corrected chi connectivity index (χ3v) is 10.2. The van der Waals surface area contributed by atoms with Gasteiger partial charge in [0.15, 0.2) is 11.6 Å². The minimum atomic E-state index is 0.630. The first kappa shape index (κ1) is 22.9. The maximum Gasteiger partial charge on any atom is 0.238 e. The topological polar surface area (TPSA) is 43.6 Å². The molecule has 0 saturated heterocycles. The Labute approximate surface area is 242 Å². The lowest BCUT2D eigenvalue weighted by atomic mass is 10.1. The molecule has 4 heterocycles. The summed E-state index contributed by atoms with van der Waals surface area (Å²) in [5.74, 6) is 1.95.